The van der Waals surface area contributed by atoms with Gasteiger partial charge in [-0.25, -0.2) is 15.0 Å². The number of aromatic nitrogens is 4. The van der Waals surface area contributed by atoms with Gasteiger partial charge < -0.3 is 14.8 Å². The molecule has 1 amide bonds. The van der Waals surface area contributed by atoms with Crippen LogP contribution in [0.25, 0.3) is 16.6 Å². The Morgan fingerprint density at radius 3 is 2.68 bits per heavy atom. The molecule has 0 spiro atoms. The third-order valence-corrected chi connectivity index (χ3v) is 5.15. The van der Waals surface area contributed by atoms with E-state index in [4.69, 9.17) is 9.47 Å². The van der Waals surface area contributed by atoms with Crippen molar-refractivity contribution in [2.24, 2.45) is 0 Å². The maximum Gasteiger partial charge on any atom is 0.260 e. The fourth-order valence-corrected chi connectivity index (χ4v) is 3.60. The summed E-state index contributed by atoms with van der Waals surface area (Å²) in [7, 11) is 0. The van der Waals surface area contributed by atoms with E-state index in [1.54, 1.807) is 53.6 Å². The molecule has 2 heterocycles. The molecule has 0 saturated heterocycles. The maximum absolute atomic E-state index is 13.2. The van der Waals surface area contributed by atoms with Crippen molar-refractivity contribution in [1.29, 1.82) is 0 Å². The zero-order valence-electron chi connectivity index (χ0n) is 18.4. The molecule has 0 aliphatic rings. The zero-order valence-corrected chi connectivity index (χ0v) is 18.4. The van der Waals surface area contributed by atoms with E-state index in [1.165, 1.54) is 6.33 Å². The Morgan fingerprint density at radius 1 is 1.03 bits per heavy atom. The SMILES string of the molecule is CCOc1ccc2ccccc2c1C(=O)Nc1ccc(Oc2cc(-n3ccnc3)ncn2)cc1. The maximum atomic E-state index is 13.2. The van der Waals surface area contributed by atoms with Gasteiger partial charge in [0, 0.05) is 24.1 Å². The summed E-state index contributed by atoms with van der Waals surface area (Å²) in [4.78, 5) is 25.6. The Morgan fingerprint density at radius 2 is 1.88 bits per heavy atom. The molecule has 5 rings (SSSR count). The number of hydrogen-bond donors (Lipinski definition) is 1. The number of rotatable bonds is 7. The van der Waals surface area contributed by atoms with Crippen LogP contribution < -0.4 is 14.8 Å². The molecular formula is C26H21N5O3. The molecular weight excluding hydrogens is 430 g/mol. The lowest BCUT2D eigenvalue weighted by Gasteiger charge is -2.14. The number of ether oxygens (including phenoxy) is 2. The molecule has 0 unspecified atom stereocenters. The summed E-state index contributed by atoms with van der Waals surface area (Å²) in [5, 5.41) is 4.77. The predicted molar refractivity (Wildman–Crippen MR) is 129 cm³/mol. The number of carbonyl (C=O) groups excluding carboxylic acids is 1. The van der Waals surface area contributed by atoms with E-state index < -0.39 is 0 Å². The van der Waals surface area contributed by atoms with Gasteiger partial charge in [-0.05, 0) is 48.0 Å². The van der Waals surface area contributed by atoms with Gasteiger partial charge in [-0.15, -0.1) is 0 Å². The van der Waals surface area contributed by atoms with Crippen LogP contribution in [0.3, 0.4) is 0 Å². The molecule has 0 aliphatic carbocycles. The normalized spacial score (nSPS) is 10.7. The van der Waals surface area contributed by atoms with Crippen LogP contribution in [0, 0.1) is 0 Å². The van der Waals surface area contributed by atoms with E-state index in [0.29, 0.717) is 41.1 Å². The quantitative estimate of drug-likeness (QED) is 0.363. The van der Waals surface area contributed by atoms with Crippen LogP contribution in [0.2, 0.25) is 0 Å². The number of nitrogens with one attached hydrogen (secondary N) is 1. The van der Waals surface area contributed by atoms with Crippen LogP contribution in [-0.2, 0) is 0 Å². The Labute approximate surface area is 195 Å². The largest absolute Gasteiger partial charge is 0.493 e. The predicted octanol–water partition coefficient (Wildman–Crippen LogP) is 5.26. The first-order chi connectivity index (χ1) is 16.7. The van der Waals surface area contributed by atoms with Gasteiger partial charge in [0.15, 0.2) is 0 Å². The minimum absolute atomic E-state index is 0.241. The topological polar surface area (TPSA) is 91.2 Å². The van der Waals surface area contributed by atoms with Crippen LogP contribution in [0.1, 0.15) is 17.3 Å². The van der Waals surface area contributed by atoms with E-state index in [9.17, 15) is 4.79 Å². The molecule has 168 valence electrons. The van der Waals surface area contributed by atoms with E-state index in [-0.39, 0.29) is 5.91 Å². The lowest BCUT2D eigenvalue weighted by atomic mass is 10.0. The molecule has 0 bridgehead atoms. The van der Waals surface area contributed by atoms with Gasteiger partial charge in [-0.3, -0.25) is 9.36 Å². The van der Waals surface area contributed by atoms with Gasteiger partial charge in [-0.1, -0.05) is 30.3 Å². The fraction of sp³-hybridized carbons (Fsp3) is 0.0769. The van der Waals surface area contributed by atoms with Gasteiger partial charge in [0.1, 0.15) is 30.0 Å². The molecule has 2 aromatic heterocycles. The van der Waals surface area contributed by atoms with Crippen molar-refractivity contribution in [2.45, 2.75) is 6.92 Å². The fourth-order valence-electron chi connectivity index (χ4n) is 3.60. The minimum atomic E-state index is -0.241. The summed E-state index contributed by atoms with van der Waals surface area (Å²) < 4.78 is 13.3. The highest BCUT2D eigenvalue weighted by Crippen LogP contribution is 2.30. The van der Waals surface area contributed by atoms with E-state index in [2.05, 4.69) is 20.3 Å². The molecule has 0 aliphatic heterocycles. The molecule has 8 nitrogen and oxygen atoms in total. The lowest BCUT2D eigenvalue weighted by Crippen LogP contribution is -2.14. The summed E-state index contributed by atoms with van der Waals surface area (Å²) >= 11 is 0. The molecule has 0 atom stereocenters. The first-order valence-electron chi connectivity index (χ1n) is 10.8. The molecule has 0 saturated carbocycles. The lowest BCUT2D eigenvalue weighted by molar-refractivity contribution is 0.102. The molecule has 0 radical (unpaired) electrons. The summed E-state index contributed by atoms with van der Waals surface area (Å²) in [6.45, 7) is 2.36. The van der Waals surface area contributed by atoms with Crippen molar-refractivity contribution >= 4 is 22.4 Å². The molecule has 3 aromatic carbocycles. The Balaban J connectivity index is 1.34. The van der Waals surface area contributed by atoms with E-state index in [1.807, 2.05) is 43.3 Å². The highest BCUT2D eigenvalue weighted by Gasteiger charge is 2.17. The van der Waals surface area contributed by atoms with Crippen molar-refractivity contribution in [3.8, 4) is 23.2 Å². The summed E-state index contributed by atoms with van der Waals surface area (Å²) in [6.07, 6.45) is 6.54. The summed E-state index contributed by atoms with van der Waals surface area (Å²) in [5.74, 6) is 1.93. The summed E-state index contributed by atoms with van der Waals surface area (Å²) in [5.41, 5.74) is 1.14. The van der Waals surface area contributed by atoms with E-state index in [0.717, 1.165) is 10.8 Å². The average molecular weight is 451 g/mol. The molecule has 0 fully saturated rings. The molecule has 8 heteroatoms. The van der Waals surface area contributed by atoms with Crippen LogP contribution in [0.4, 0.5) is 5.69 Å². The third kappa shape index (κ3) is 4.42. The monoisotopic (exact) mass is 451 g/mol. The van der Waals surface area contributed by atoms with Gasteiger partial charge in [-0.2, -0.15) is 0 Å². The molecule has 5 aromatic rings. The van der Waals surface area contributed by atoms with Crippen molar-refractivity contribution < 1.29 is 14.3 Å². The van der Waals surface area contributed by atoms with Gasteiger partial charge >= 0.3 is 0 Å². The number of carbonyl (C=O) groups is 1. The van der Waals surface area contributed by atoms with Crippen molar-refractivity contribution in [3.05, 3.63) is 97.3 Å². The number of amides is 1. The average Bonchev–Trinajstić information content (AvgIpc) is 3.41. The van der Waals surface area contributed by atoms with Crippen LogP contribution in [-0.4, -0.2) is 32.0 Å². The Kier molecular flexibility index (Phi) is 5.85. The van der Waals surface area contributed by atoms with Crippen molar-refractivity contribution in [2.75, 3.05) is 11.9 Å². The second-order valence-corrected chi connectivity index (χ2v) is 7.36. The number of hydrogen-bond acceptors (Lipinski definition) is 6. The third-order valence-electron chi connectivity index (χ3n) is 5.15. The first kappa shape index (κ1) is 21.1. The van der Waals surface area contributed by atoms with Gasteiger partial charge in [0.05, 0.1) is 12.2 Å². The molecule has 1 N–H and O–H groups in total. The van der Waals surface area contributed by atoms with Crippen LogP contribution >= 0.6 is 0 Å². The first-order valence-corrected chi connectivity index (χ1v) is 10.8. The number of imidazole rings is 1. The number of fused-ring (bicyclic) bond motifs is 1. The van der Waals surface area contributed by atoms with Gasteiger partial charge in [0.2, 0.25) is 5.88 Å². The number of nitrogens with zero attached hydrogens (tertiary/aromatic N) is 4. The standard InChI is InChI=1S/C26H21N5O3/c1-2-33-22-12-7-18-5-3-4-6-21(18)25(22)26(32)30-19-8-10-20(11-9-19)34-24-15-23(28-16-29-24)31-14-13-27-17-31/h3-17H,2H2,1H3,(H,30,32). The smallest absolute Gasteiger partial charge is 0.260 e. The highest BCUT2D eigenvalue weighted by atomic mass is 16.5. The summed E-state index contributed by atoms with van der Waals surface area (Å²) in [6, 6.07) is 20.3. The molecule has 34 heavy (non-hydrogen) atoms. The zero-order chi connectivity index (χ0) is 23.3. The van der Waals surface area contributed by atoms with Crippen molar-refractivity contribution in [1.82, 2.24) is 19.5 Å². The Hall–Kier alpha value is -4.72. The van der Waals surface area contributed by atoms with Crippen LogP contribution in [0.5, 0.6) is 17.4 Å². The second kappa shape index (κ2) is 9.41. The minimum Gasteiger partial charge on any atom is -0.493 e. The van der Waals surface area contributed by atoms with Crippen molar-refractivity contribution in [3.63, 3.8) is 0 Å². The second-order valence-electron chi connectivity index (χ2n) is 7.36. The van der Waals surface area contributed by atoms with Crippen LogP contribution in [0.15, 0.2) is 91.8 Å². The highest BCUT2D eigenvalue weighted by molar-refractivity contribution is 6.15. The van der Waals surface area contributed by atoms with E-state index >= 15 is 0 Å². The number of anilines is 1. The Bertz CT molecular complexity index is 1430. The number of benzene rings is 3. The van der Waals surface area contributed by atoms with Gasteiger partial charge in [0.25, 0.3) is 5.91 Å².